The van der Waals surface area contributed by atoms with Crippen LogP contribution in [0.25, 0.3) is 0 Å². The van der Waals surface area contributed by atoms with Gasteiger partial charge < -0.3 is 9.80 Å². The molecule has 0 unspecified atom stereocenters. The first kappa shape index (κ1) is 16.8. The molecule has 0 spiro atoms. The number of carbonyl (C=O) groups is 1. The normalized spacial score (nSPS) is 12.9. The molecule has 25 heavy (non-hydrogen) atoms. The molecule has 1 amide bonds. The summed E-state index contributed by atoms with van der Waals surface area (Å²) in [6, 6.07) is 6.04. The molecule has 0 bridgehead atoms. The maximum Gasteiger partial charge on any atom is 0.293 e. The molecular weight excluding hydrogens is 332 g/mol. The molecule has 0 saturated heterocycles. The lowest BCUT2D eigenvalue weighted by Crippen LogP contribution is -2.29. The molecule has 1 heterocycles. The number of amides is 1. The van der Waals surface area contributed by atoms with Crippen molar-refractivity contribution in [3.63, 3.8) is 0 Å². The summed E-state index contributed by atoms with van der Waals surface area (Å²) < 4.78 is 27.4. The summed E-state index contributed by atoms with van der Waals surface area (Å²) in [5.41, 5.74) is 0.663. The van der Waals surface area contributed by atoms with Crippen molar-refractivity contribution < 1.29 is 18.5 Å². The van der Waals surface area contributed by atoms with Gasteiger partial charge in [0.2, 0.25) is 0 Å². The van der Waals surface area contributed by atoms with E-state index in [-0.39, 0.29) is 23.5 Å². The highest BCUT2D eigenvalue weighted by molar-refractivity contribution is 6.08. The van der Waals surface area contributed by atoms with Crippen molar-refractivity contribution in [3.05, 3.63) is 63.2 Å². The number of nitrogens with zero attached hydrogens (tertiary/aromatic N) is 3. The SMILES string of the molecule is CN(C)c1ccc(C(=O)N2CCc3cc(F)cc(F)c32)cc1[N+](=O)[O-]. The fraction of sp³-hybridized carbons (Fsp3) is 0.235. The van der Waals surface area contributed by atoms with Gasteiger partial charge in [-0.3, -0.25) is 14.9 Å². The van der Waals surface area contributed by atoms with Crippen LogP contribution < -0.4 is 9.80 Å². The lowest BCUT2D eigenvalue weighted by molar-refractivity contribution is -0.384. The van der Waals surface area contributed by atoms with E-state index in [2.05, 4.69) is 0 Å². The standard InChI is InChI=1S/C17H15F2N3O3/c1-20(2)14-4-3-11(8-15(14)22(24)25)17(23)21-6-5-10-7-12(18)9-13(19)16(10)21/h3-4,7-9H,5-6H2,1-2H3. The summed E-state index contributed by atoms with van der Waals surface area (Å²) in [6.45, 7) is 0.192. The number of anilines is 2. The number of fused-ring (bicyclic) bond motifs is 1. The van der Waals surface area contributed by atoms with Gasteiger partial charge in [-0.15, -0.1) is 0 Å². The Balaban J connectivity index is 2.02. The Hall–Kier alpha value is -3.03. The Bertz CT molecular complexity index is 884. The summed E-state index contributed by atoms with van der Waals surface area (Å²) in [5.74, 6) is -2.07. The van der Waals surface area contributed by atoms with E-state index in [1.54, 1.807) is 19.0 Å². The van der Waals surface area contributed by atoms with Gasteiger partial charge in [0, 0.05) is 38.3 Å². The molecule has 0 N–H and O–H groups in total. The minimum atomic E-state index is -0.819. The topological polar surface area (TPSA) is 66.7 Å². The van der Waals surface area contributed by atoms with Crippen LogP contribution in [0, 0.1) is 21.7 Å². The first-order chi connectivity index (χ1) is 11.8. The largest absolute Gasteiger partial charge is 0.372 e. The smallest absolute Gasteiger partial charge is 0.293 e. The summed E-state index contributed by atoms with van der Waals surface area (Å²) in [7, 11) is 3.31. The van der Waals surface area contributed by atoms with Gasteiger partial charge in [0.1, 0.15) is 17.3 Å². The minimum absolute atomic E-state index is 0.0331. The number of carbonyl (C=O) groups excluding carboxylic acids is 1. The van der Waals surface area contributed by atoms with E-state index in [4.69, 9.17) is 0 Å². The van der Waals surface area contributed by atoms with E-state index in [1.807, 2.05) is 0 Å². The lowest BCUT2D eigenvalue weighted by atomic mass is 10.1. The minimum Gasteiger partial charge on any atom is -0.372 e. The second-order valence-corrected chi connectivity index (χ2v) is 5.96. The predicted molar refractivity (Wildman–Crippen MR) is 89.2 cm³/mol. The number of benzene rings is 2. The van der Waals surface area contributed by atoms with Gasteiger partial charge in [0.25, 0.3) is 11.6 Å². The number of nitro groups is 1. The average molecular weight is 347 g/mol. The molecule has 3 rings (SSSR count). The number of rotatable bonds is 3. The number of hydrogen-bond acceptors (Lipinski definition) is 4. The quantitative estimate of drug-likeness (QED) is 0.632. The molecule has 0 aliphatic carbocycles. The van der Waals surface area contributed by atoms with Gasteiger partial charge in [0.05, 0.1) is 10.6 Å². The van der Waals surface area contributed by atoms with Crippen LogP contribution in [0.5, 0.6) is 0 Å². The molecule has 8 heteroatoms. The molecule has 1 aliphatic rings. The van der Waals surface area contributed by atoms with Gasteiger partial charge in [0.15, 0.2) is 0 Å². The van der Waals surface area contributed by atoms with Crippen molar-refractivity contribution in [1.29, 1.82) is 0 Å². The van der Waals surface area contributed by atoms with E-state index >= 15 is 0 Å². The average Bonchev–Trinajstić information content (AvgIpc) is 2.97. The monoisotopic (exact) mass is 347 g/mol. The summed E-state index contributed by atoms with van der Waals surface area (Å²) in [6.07, 6.45) is 0.327. The number of hydrogen-bond donors (Lipinski definition) is 0. The molecule has 1 aliphatic heterocycles. The van der Waals surface area contributed by atoms with Crippen molar-refractivity contribution in [2.75, 3.05) is 30.4 Å². The van der Waals surface area contributed by atoms with Crippen molar-refractivity contribution in [3.8, 4) is 0 Å². The highest BCUT2D eigenvalue weighted by atomic mass is 19.1. The summed E-state index contributed by atoms with van der Waals surface area (Å²) in [4.78, 5) is 26.2. The van der Waals surface area contributed by atoms with E-state index < -0.39 is 22.5 Å². The van der Waals surface area contributed by atoms with Gasteiger partial charge in [-0.25, -0.2) is 8.78 Å². The van der Waals surface area contributed by atoms with Crippen LogP contribution in [0.1, 0.15) is 15.9 Å². The molecular formula is C17H15F2N3O3. The highest BCUT2D eigenvalue weighted by Crippen LogP contribution is 2.34. The third-order valence-corrected chi connectivity index (χ3v) is 4.13. The van der Waals surface area contributed by atoms with Crippen LogP contribution in [0.2, 0.25) is 0 Å². The fourth-order valence-electron chi connectivity index (χ4n) is 3.00. The summed E-state index contributed by atoms with van der Waals surface area (Å²) in [5, 5.41) is 11.3. The zero-order chi connectivity index (χ0) is 18.3. The molecule has 0 atom stereocenters. The Labute approximate surface area is 142 Å². The van der Waals surface area contributed by atoms with Gasteiger partial charge >= 0.3 is 0 Å². The van der Waals surface area contributed by atoms with Crippen LogP contribution in [0.3, 0.4) is 0 Å². The molecule has 2 aromatic rings. The van der Waals surface area contributed by atoms with Gasteiger partial charge in [-0.05, 0) is 30.2 Å². The maximum atomic E-state index is 14.1. The van der Waals surface area contributed by atoms with Crippen LogP contribution in [0.4, 0.5) is 25.8 Å². The van der Waals surface area contributed by atoms with E-state index in [9.17, 15) is 23.7 Å². The Morgan fingerprint density at radius 1 is 1.24 bits per heavy atom. The van der Waals surface area contributed by atoms with Gasteiger partial charge in [-0.1, -0.05) is 0 Å². The zero-order valence-electron chi connectivity index (χ0n) is 13.6. The molecule has 0 aromatic heterocycles. The van der Waals surface area contributed by atoms with E-state index in [0.717, 1.165) is 6.07 Å². The molecule has 2 aromatic carbocycles. The third-order valence-electron chi connectivity index (χ3n) is 4.13. The Morgan fingerprint density at radius 2 is 1.96 bits per heavy atom. The maximum absolute atomic E-state index is 14.1. The number of halogens is 2. The van der Waals surface area contributed by atoms with E-state index in [1.165, 1.54) is 29.2 Å². The molecule has 0 radical (unpaired) electrons. The molecule has 0 fully saturated rings. The predicted octanol–water partition coefficient (Wildman–Crippen LogP) is 3.14. The summed E-state index contributed by atoms with van der Waals surface area (Å²) >= 11 is 0. The van der Waals surface area contributed by atoms with Crippen LogP contribution in [-0.4, -0.2) is 31.5 Å². The second kappa shape index (κ2) is 6.12. The van der Waals surface area contributed by atoms with Gasteiger partial charge in [-0.2, -0.15) is 0 Å². The van der Waals surface area contributed by atoms with Crippen LogP contribution in [-0.2, 0) is 6.42 Å². The van der Waals surface area contributed by atoms with Crippen LogP contribution >= 0.6 is 0 Å². The fourth-order valence-corrected chi connectivity index (χ4v) is 3.00. The van der Waals surface area contributed by atoms with Crippen molar-refractivity contribution in [1.82, 2.24) is 0 Å². The molecule has 130 valence electrons. The van der Waals surface area contributed by atoms with Crippen LogP contribution in [0.15, 0.2) is 30.3 Å². The van der Waals surface area contributed by atoms with Crippen molar-refractivity contribution in [2.24, 2.45) is 0 Å². The Morgan fingerprint density at radius 3 is 2.60 bits per heavy atom. The highest BCUT2D eigenvalue weighted by Gasteiger charge is 2.30. The zero-order valence-corrected chi connectivity index (χ0v) is 13.6. The Kier molecular flexibility index (Phi) is 4.12. The third kappa shape index (κ3) is 2.90. The first-order valence-corrected chi connectivity index (χ1v) is 7.55. The second-order valence-electron chi connectivity index (χ2n) is 5.96. The number of nitro benzene ring substituents is 1. The molecule has 0 saturated carbocycles. The molecule has 6 nitrogen and oxygen atoms in total. The van der Waals surface area contributed by atoms with E-state index in [0.29, 0.717) is 17.7 Å². The van der Waals surface area contributed by atoms with Crippen molar-refractivity contribution in [2.45, 2.75) is 6.42 Å². The van der Waals surface area contributed by atoms with Crippen molar-refractivity contribution >= 4 is 23.0 Å². The lowest BCUT2D eigenvalue weighted by Gasteiger charge is -2.19. The first-order valence-electron chi connectivity index (χ1n) is 7.55.